The maximum absolute atomic E-state index is 11.9. The number of carbonyl (C=O) groups is 1. The van der Waals surface area contributed by atoms with E-state index >= 15 is 0 Å². The van der Waals surface area contributed by atoms with Crippen molar-refractivity contribution in [2.24, 2.45) is 0 Å². The first kappa shape index (κ1) is 13.8. The highest BCUT2D eigenvalue weighted by molar-refractivity contribution is 6.34. The van der Waals surface area contributed by atoms with Crippen LogP contribution in [0.5, 0.6) is 0 Å². The number of fused-ring (bicyclic) bond motifs is 1. The van der Waals surface area contributed by atoms with Crippen molar-refractivity contribution in [2.45, 2.75) is 12.8 Å². The fourth-order valence-corrected chi connectivity index (χ4v) is 2.07. The Bertz CT molecular complexity index is 587. The van der Waals surface area contributed by atoms with Crippen LogP contribution in [0.1, 0.15) is 23.3 Å². The first-order valence-electron chi connectivity index (χ1n) is 6.16. The number of halogens is 1. The van der Waals surface area contributed by atoms with E-state index in [1.807, 2.05) is 24.3 Å². The van der Waals surface area contributed by atoms with Crippen LogP contribution in [0.15, 0.2) is 30.3 Å². The van der Waals surface area contributed by atoms with Crippen LogP contribution >= 0.6 is 11.6 Å². The van der Waals surface area contributed by atoms with Crippen molar-refractivity contribution in [2.75, 3.05) is 13.2 Å². The highest BCUT2D eigenvalue weighted by Crippen LogP contribution is 2.22. The molecule has 1 aromatic carbocycles. The fourth-order valence-electron chi connectivity index (χ4n) is 1.80. The number of hydrogen-bond acceptors (Lipinski definition) is 3. The average molecular weight is 279 g/mol. The van der Waals surface area contributed by atoms with E-state index in [0.29, 0.717) is 23.8 Å². The van der Waals surface area contributed by atoms with Gasteiger partial charge >= 0.3 is 0 Å². The lowest BCUT2D eigenvalue weighted by Crippen LogP contribution is -2.25. The Morgan fingerprint density at radius 1 is 1.32 bits per heavy atom. The smallest absolute Gasteiger partial charge is 0.269 e. The molecule has 0 aliphatic carbocycles. The second kappa shape index (κ2) is 6.50. The molecule has 2 rings (SSSR count). The third-order valence-corrected chi connectivity index (χ3v) is 3.09. The van der Waals surface area contributed by atoms with Gasteiger partial charge in [-0.3, -0.25) is 4.79 Å². The minimum Gasteiger partial charge on any atom is -0.396 e. The Hall–Kier alpha value is -1.65. The van der Waals surface area contributed by atoms with Gasteiger partial charge in [0.15, 0.2) is 0 Å². The molecule has 1 heterocycles. The number of benzene rings is 1. The molecule has 0 aliphatic heterocycles. The molecule has 0 unspecified atom stereocenters. The van der Waals surface area contributed by atoms with Gasteiger partial charge in [-0.05, 0) is 24.3 Å². The third-order valence-electron chi connectivity index (χ3n) is 2.80. The molecule has 2 aromatic rings. The monoisotopic (exact) mass is 278 g/mol. The molecule has 2 N–H and O–H groups in total. The zero-order valence-corrected chi connectivity index (χ0v) is 11.2. The number of aliphatic hydroxyl groups excluding tert-OH is 1. The quantitative estimate of drug-likeness (QED) is 0.652. The molecule has 0 saturated carbocycles. The lowest BCUT2D eigenvalue weighted by molar-refractivity contribution is 0.0947. The predicted octanol–water partition coefficient (Wildman–Crippen LogP) is 2.39. The third kappa shape index (κ3) is 3.43. The zero-order valence-electron chi connectivity index (χ0n) is 10.4. The molecule has 0 aliphatic rings. The first-order valence-corrected chi connectivity index (χ1v) is 6.54. The Kier molecular flexibility index (Phi) is 4.71. The largest absolute Gasteiger partial charge is 0.396 e. The van der Waals surface area contributed by atoms with Crippen molar-refractivity contribution in [3.63, 3.8) is 0 Å². The van der Waals surface area contributed by atoms with Crippen LogP contribution in [0.25, 0.3) is 10.8 Å². The van der Waals surface area contributed by atoms with E-state index in [2.05, 4.69) is 10.3 Å². The molecule has 0 fully saturated rings. The van der Waals surface area contributed by atoms with Gasteiger partial charge in [-0.25, -0.2) is 4.98 Å². The summed E-state index contributed by atoms with van der Waals surface area (Å²) in [6.45, 7) is 0.654. The highest BCUT2D eigenvalue weighted by atomic mass is 35.5. The van der Waals surface area contributed by atoms with E-state index < -0.39 is 0 Å². The van der Waals surface area contributed by atoms with Crippen LogP contribution in [-0.2, 0) is 0 Å². The highest BCUT2D eigenvalue weighted by Gasteiger charge is 2.10. The number of aliphatic hydroxyl groups is 1. The number of carbonyl (C=O) groups excluding carboxylic acids is 1. The summed E-state index contributed by atoms with van der Waals surface area (Å²) < 4.78 is 0. The van der Waals surface area contributed by atoms with Crippen LogP contribution in [0.4, 0.5) is 0 Å². The van der Waals surface area contributed by atoms with E-state index in [1.54, 1.807) is 6.07 Å². The minimum absolute atomic E-state index is 0.135. The van der Waals surface area contributed by atoms with Crippen molar-refractivity contribution < 1.29 is 9.90 Å². The Morgan fingerprint density at radius 2 is 2.11 bits per heavy atom. The van der Waals surface area contributed by atoms with Gasteiger partial charge in [-0.15, -0.1) is 0 Å². The second-order valence-electron chi connectivity index (χ2n) is 4.21. The number of aromatic nitrogens is 1. The molecule has 4 nitrogen and oxygen atoms in total. The van der Waals surface area contributed by atoms with Gasteiger partial charge in [-0.1, -0.05) is 35.9 Å². The molecular weight excluding hydrogens is 264 g/mol. The molecule has 0 radical (unpaired) electrons. The van der Waals surface area contributed by atoms with Gasteiger partial charge in [0.25, 0.3) is 5.91 Å². The van der Waals surface area contributed by atoms with Gasteiger partial charge in [0.2, 0.25) is 0 Å². The number of nitrogens with one attached hydrogen (secondary N) is 1. The van der Waals surface area contributed by atoms with Crippen molar-refractivity contribution in [1.82, 2.24) is 10.3 Å². The van der Waals surface area contributed by atoms with Gasteiger partial charge in [-0.2, -0.15) is 0 Å². The summed E-state index contributed by atoms with van der Waals surface area (Å²) in [5, 5.41) is 13.5. The summed E-state index contributed by atoms with van der Waals surface area (Å²) in [4.78, 5) is 16.0. The van der Waals surface area contributed by atoms with Crippen molar-refractivity contribution in [3.05, 3.63) is 41.2 Å². The molecule has 0 saturated heterocycles. The molecule has 1 aromatic heterocycles. The fraction of sp³-hybridized carbons (Fsp3) is 0.286. The summed E-state index contributed by atoms with van der Waals surface area (Å²) in [5.41, 5.74) is 0.313. The standard InChI is InChI=1S/C14H15ClN2O2/c15-13-11-6-2-1-5-10(11)9-12(17-13)14(19)16-7-3-4-8-18/h1-2,5-6,9,18H,3-4,7-8H2,(H,16,19). The van der Waals surface area contributed by atoms with Gasteiger partial charge in [0.1, 0.15) is 10.8 Å². The lowest BCUT2D eigenvalue weighted by Gasteiger charge is -2.06. The van der Waals surface area contributed by atoms with Crippen molar-refractivity contribution in [1.29, 1.82) is 0 Å². The van der Waals surface area contributed by atoms with Gasteiger partial charge in [0.05, 0.1) is 0 Å². The summed E-state index contributed by atoms with van der Waals surface area (Å²) in [6, 6.07) is 9.26. The van der Waals surface area contributed by atoms with Crippen LogP contribution in [0.3, 0.4) is 0 Å². The number of hydrogen-bond donors (Lipinski definition) is 2. The van der Waals surface area contributed by atoms with Crippen LogP contribution in [-0.4, -0.2) is 29.1 Å². The molecule has 5 heteroatoms. The SMILES string of the molecule is O=C(NCCCCO)c1cc2ccccc2c(Cl)n1. The minimum atomic E-state index is -0.245. The maximum Gasteiger partial charge on any atom is 0.269 e. The Balaban J connectivity index is 2.14. The van der Waals surface area contributed by atoms with E-state index in [-0.39, 0.29) is 12.5 Å². The number of unbranched alkanes of at least 4 members (excludes halogenated alkanes) is 1. The molecule has 0 spiro atoms. The summed E-state index contributed by atoms with van der Waals surface area (Å²) in [5.74, 6) is -0.245. The van der Waals surface area contributed by atoms with Crippen molar-refractivity contribution in [3.8, 4) is 0 Å². The van der Waals surface area contributed by atoms with E-state index in [9.17, 15) is 4.79 Å². The number of pyridine rings is 1. The Labute approximate surface area is 116 Å². The predicted molar refractivity (Wildman–Crippen MR) is 75.4 cm³/mol. The molecule has 0 atom stereocenters. The normalized spacial score (nSPS) is 10.6. The molecule has 19 heavy (non-hydrogen) atoms. The number of amides is 1. The number of nitrogens with zero attached hydrogens (tertiary/aromatic N) is 1. The molecule has 1 amide bonds. The zero-order chi connectivity index (χ0) is 13.7. The average Bonchev–Trinajstić information content (AvgIpc) is 2.43. The topological polar surface area (TPSA) is 62.2 Å². The van der Waals surface area contributed by atoms with E-state index in [1.165, 1.54) is 0 Å². The van der Waals surface area contributed by atoms with Crippen LogP contribution in [0, 0.1) is 0 Å². The van der Waals surface area contributed by atoms with Crippen LogP contribution in [0.2, 0.25) is 5.15 Å². The summed E-state index contributed by atoms with van der Waals surface area (Å²) >= 11 is 6.07. The summed E-state index contributed by atoms with van der Waals surface area (Å²) in [6.07, 6.45) is 1.41. The molecular formula is C14H15ClN2O2. The van der Waals surface area contributed by atoms with E-state index in [0.717, 1.165) is 17.2 Å². The van der Waals surface area contributed by atoms with Crippen LogP contribution < -0.4 is 5.32 Å². The first-order chi connectivity index (χ1) is 9.22. The Morgan fingerprint density at radius 3 is 2.89 bits per heavy atom. The van der Waals surface area contributed by atoms with Gasteiger partial charge < -0.3 is 10.4 Å². The second-order valence-corrected chi connectivity index (χ2v) is 4.56. The molecule has 100 valence electrons. The van der Waals surface area contributed by atoms with Crippen molar-refractivity contribution >= 4 is 28.3 Å². The van der Waals surface area contributed by atoms with E-state index in [4.69, 9.17) is 16.7 Å². The lowest BCUT2D eigenvalue weighted by atomic mass is 10.1. The maximum atomic E-state index is 11.9. The summed E-state index contributed by atoms with van der Waals surface area (Å²) in [7, 11) is 0. The van der Waals surface area contributed by atoms with Gasteiger partial charge in [0, 0.05) is 18.5 Å². The number of rotatable bonds is 5. The molecule has 0 bridgehead atoms.